The van der Waals surface area contributed by atoms with E-state index in [0.29, 0.717) is 66.8 Å². The van der Waals surface area contributed by atoms with Crippen LogP contribution in [0.15, 0.2) is 84.9 Å². The van der Waals surface area contributed by atoms with Crippen LogP contribution in [0.2, 0.25) is 10.0 Å². The SMILES string of the molecule is C=S1(=O)NC(=O)c2ccc3c(c2)N(C[C@@H]2CC[C@H]2[C@@H](CC(=O)N(C)C)CCC[C@H](C)[C@H]1C)C[C@@]1(CCCc2cc(Cl)ccc21)CO3.C=S1(=O)NC(=O)c2ccc3c(c2)N(C[C@@H]2CC[C@H]2[C@H](CO)/C=C/C[C@H](C)[C@H]1C)C[C@@]1(CCCc2cc(Cl)ccc21)CO3. The number of aliphatic hydroxyl groups excluding tert-OH is 1. The maximum Gasteiger partial charge on any atom is 0.262 e. The molecule has 3 amide bonds. The summed E-state index contributed by atoms with van der Waals surface area (Å²) in [5, 5.41) is 11.3. The number of aryl methyl sites for hydroxylation is 2. The number of allylic oxidation sites excluding steroid dienone is 1. The molecule has 2 saturated carbocycles. The quantitative estimate of drug-likeness (QED) is 0.133. The molecule has 13 nitrogen and oxygen atoms in total. The van der Waals surface area contributed by atoms with Crippen LogP contribution in [-0.2, 0) is 47.9 Å². The Kier molecular flexibility index (Phi) is 19.2. The molecule has 4 bridgehead atoms. The fourth-order valence-electron chi connectivity index (χ4n) is 16.1. The molecular formula is C71H93Cl2N5O8S2. The first kappa shape index (κ1) is 64.3. The predicted molar refractivity (Wildman–Crippen MR) is 361 cm³/mol. The molecule has 2 spiro atoms. The zero-order valence-corrected chi connectivity index (χ0v) is 55.7. The van der Waals surface area contributed by atoms with Crippen LogP contribution in [0.5, 0.6) is 11.5 Å². The highest BCUT2D eigenvalue weighted by atomic mass is 35.5. The molecule has 476 valence electrons. The topological polar surface area (TPSA) is 158 Å². The van der Waals surface area contributed by atoms with Gasteiger partial charge in [-0.25, -0.2) is 8.42 Å². The number of carbonyl (C=O) groups is 3. The van der Waals surface area contributed by atoms with Gasteiger partial charge in [0.1, 0.15) is 11.5 Å². The highest BCUT2D eigenvalue weighted by molar-refractivity contribution is 7.99. The van der Waals surface area contributed by atoms with Crippen LogP contribution in [0.1, 0.15) is 154 Å². The Morgan fingerprint density at radius 2 is 1.17 bits per heavy atom. The molecule has 88 heavy (non-hydrogen) atoms. The summed E-state index contributed by atoms with van der Waals surface area (Å²) in [5.41, 5.74) is 7.48. The summed E-state index contributed by atoms with van der Waals surface area (Å²) < 4.78 is 46.3. The summed E-state index contributed by atoms with van der Waals surface area (Å²) in [6.07, 6.45) is 18.9. The maximum atomic E-state index is 13.8. The molecule has 4 aliphatic carbocycles. The van der Waals surface area contributed by atoms with E-state index in [4.69, 9.17) is 32.7 Å². The van der Waals surface area contributed by atoms with Crippen LogP contribution < -0.4 is 28.7 Å². The molecule has 14 atom stereocenters. The van der Waals surface area contributed by atoms with Crippen molar-refractivity contribution in [1.29, 1.82) is 0 Å². The lowest BCUT2D eigenvalue weighted by atomic mass is 9.64. The van der Waals surface area contributed by atoms with Crippen molar-refractivity contribution in [3.63, 3.8) is 0 Å². The molecule has 4 aromatic rings. The van der Waals surface area contributed by atoms with Crippen molar-refractivity contribution in [3.8, 4) is 11.5 Å². The Bertz CT molecular complexity index is 3540. The number of nitrogens with one attached hydrogen (secondary N) is 2. The lowest BCUT2D eigenvalue weighted by Gasteiger charge is -2.47. The van der Waals surface area contributed by atoms with Gasteiger partial charge in [-0.05, 0) is 233 Å². The number of amides is 3. The van der Waals surface area contributed by atoms with E-state index in [9.17, 15) is 27.9 Å². The number of ether oxygens (including phenoxy) is 2. The molecule has 4 heterocycles. The molecule has 2 fully saturated rings. The third-order valence-electron chi connectivity index (χ3n) is 22.2. The number of carbonyl (C=O) groups excluding carboxylic acids is 3. The molecule has 4 aliphatic heterocycles. The minimum Gasteiger partial charge on any atom is -0.490 e. The van der Waals surface area contributed by atoms with Gasteiger partial charge in [-0.1, -0.05) is 67.8 Å². The zero-order valence-electron chi connectivity index (χ0n) is 52.5. The highest BCUT2D eigenvalue weighted by Crippen LogP contribution is 2.51. The van der Waals surface area contributed by atoms with E-state index in [1.54, 1.807) is 17.0 Å². The van der Waals surface area contributed by atoms with Gasteiger partial charge in [0.2, 0.25) is 5.91 Å². The average molecular weight is 1280 g/mol. The number of aliphatic hydroxyl groups is 1. The summed E-state index contributed by atoms with van der Waals surface area (Å²) >= 11 is 12.9. The fourth-order valence-corrected chi connectivity index (χ4v) is 19.5. The second-order valence-electron chi connectivity index (χ2n) is 27.9. The van der Waals surface area contributed by atoms with E-state index < -0.39 is 19.4 Å². The van der Waals surface area contributed by atoms with E-state index in [-0.39, 0.29) is 63.4 Å². The summed E-state index contributed by atoms with van der Waals surface area (Å²) in [7, 11) is -2.11. The van der Waals surface area contributed by atoms with Gasteiger partial charge >= 0.3 is 0 Å². The largest absolute Gasteiger partial charge is 0.490 e. The van der Waals surface area contributed by atoms with E-state index >= 15 is 0 Å². The Balaban J connectivity index is 0.000000183. The van der Waals surface area contributed by atoms with Crippen molar-refractivity contribution in [1.82, 2.24) is 14.3 Å². The summed E-state index contributed by atoms with van der Waals surface area (Å²) in [5.74, 6) is 11.2. The van der Waals surface area contributed by atoms with E-state index in [2.05, 4.69) is 74.3 Å². The lowest BCUT2D eigenvalue weighted by Crippen LogP contribution is -2.49. The van der Waals surface area contributed by atoms with E-state index in [1.807, 2.05) is 71.3 Å². The van der Waals surface area contributed by atoms with Crippen molar-refractivity contribution in [2.24, 2.45) is 47.3 Å². The van der Waals surface area contributed by atoms with Crippen molar-refractivity contribution < 1.29 is 37.4 Å². The molecule has 2 unspecified atom stereocenters. The Labute approximate surface area is 534 Å². The third-order valence-corrected chi connectivity index (χ3v) is 27.1. The van der Waals surface area contributed by atoms with Gasteiger partial charge in [0.15, 0.2) is 0 Å². The van der Waals surface area contributed by atoms with E-state index in [0.717, 1.165) is 143 Å². The van der Waals surface area contributed by atoms with Crippen LogP contribution in [0, 0.1) is 47.3 Å². The van der Waals surface area contributed by atoms with Gasteiger partial charge < -0.3 is 29.3 Å². The number of hydrogen-bond donors (Lipinski definition) is 3. The normalized spacial score (nSPS) is 34.2. The second-order valence-corrected chi connectivity index (χ2v) is 33.6. The van der Waals surface area contributed by atoms with Crippen LogP contribution in [-0.4, -0.2) is 118 Å². The number of benzene rings is 4. The number of rotatable bonds is 3. The zero-order chi connectivity index (χ0) is 62.5. The van der Waals surface area contributed by atoms with Crippen molar-refractivity contribution >= 4 is 83.5 Å². The molecule has 4 aromatic carbocycles. The van der Waals surface area contributed by atoms with Crippen LogP contribution >= 0.6 is 23.2 Å². The lowest BCUT2D eigenvalue weighted by molar-refractivity contribution is -0.130. The van der Waals surface area contributed by atoms with Gasteiger partial charge in [0, 0.05) is 102 Å². The van der Waals surface area contributed by atoms with Gasteiger partial charge in [-0.3, -0.25) is 23.8 Å². The smallest absolute Gasteiger partial charge is 0.262 e. The van der Waals surface area contributed by atoms with Crippen LogP contribution in [0.25, 0.3) is 0 Å². The number of fused-ring (bicyclic) bond motifs is 8. The van der Waals surface area contributed by atoms with Crippen LogP contribution in [0.4, 0.5) is 11.4 Å². The van der Waals surface area contributed by atoms with Gasteiger partial charge in [0.25, 0.3) is 11.8 Å². The third kappa shape index (κ3) is 13.3. The monoisotopic (exact) mass is 1280 g/mol. The standard InChI is InChI=1S/C37H50ClN3O4S.C34H43ClN2O4S/c1-24-8-6-9-26(20-35(42)40(3)4)31-14-11-29(31)21-41-22-37(17-7-10-27-18-30(38)13-15-32(27)37)23-45-34-16-12-28(19-33(34)41)36(43)39-46(5,44)25(24)2;1-22-6-4-7-27(19-38)29-12-9-26(29)18-37-20-34(15-5-8-24-16-28(35)11-13-30(24)34)21-41-32-14-10-25(17-31(32)37)33(39)36-42(3,40)23(22)2/h12-13,15-16,18-19,24-26,29,31H,5-11,14,17,20-23H2,1-4H3,(H,39,43,44);4,7,10-11,13-14,16-17,22-23,26-27,29,38H,3,5-6,8-9,12,15,18-21H2,1-2H3,(H,36,39,40)/b;7-4+/t24-,25+,26+,29-,31-,37-,46?;22-,23+,26-,27-,29+,34-,42?/m00/s1. The van der Waals surface area contributed by atoms with Gasteiger partial charge in [-0.15, -0.1) is 0 Å². The van der Waals surface area contributed by atoms with Gasteiger partial charge in [-0.2, -0.15) is 0 Å². The average Bonchev–Trinajstić information content (AvgIpc) is 1.80. The van der Waals surface area contributed by atoms with Crippen molar-refractivity contribution in [2.45, 2.75) is 145 Å². The van der Waals surface area contributed by atoms with Crippen molar-refractivity contribution in [3.05, 3.63) is 128 Å². The highest BCUT2D eigenvalue weighted by Gasteiger charge is 2.47. The maximum absolute atomic E-state index is 13.8. The molecular weight excluding hydrogens is 1190 g/mol. The van der Waals surface area contributed by atoms with E-state index in [1.165, 1.54) is 22.3 Å². The number of anilines is 2. The molecule has 0 aromatic heterocycles. The molecule has 3 N–H and O–H groups in total. The Morgan fingerprint density at radius 3 is 1.65 bits per heavy atom. The minimum absolute atomic E-state index is 0.0522. The molecule has 8 aliphatic rings. The Morgan fingerprint density at radius 1 is 0.670 bits per heavy atom. The molecule has 17 heteroatoms. The van der Waals surface area contributed by atoms with Gasteiger partial charge in [0.05, 0.1) is 44.0 Å². The molecule has 0 radical (unpaired) electrons. The first-order chi connectivity index (χ1) is 42.0. The summed E-state index contributed by atoms with van der Waals surface area (Å²) in [6.45, 7) is 12.4. The fraction of sp³-hybridized carbons (Fsp3) is 0.563. The number of nitrogens with zero attached hydrogens (tertiary/aromatic N) is 3. The van der Waals surface area contributed by atoms with Crippen LogP contribution in [0.3, 0.4) is 0 Å². The number of hydrogen-bond acceptors (Lipinski definition) is 10. The van der Waals surface area contributed by atoms with Crippen molar-refractivity contribution in [2.75, 3.05) is 69.9 Å². The first-order valence-electron chi connectivity index (χ1n) is 32.4. The summed E-state index contributed by atoms with van der Waals surface area (Å²) in [4.78, 5) is 46.8. The Hall–Kier alpha value is -5.19. The molecule has 0 saturated heterocycles. The predicted octanol–water partition coefficient (Wildman–Crippen LogP) is 12.3. The minimum atomic E-state index is -2.90. The molecule has 12 rings (SSSR count). The first-order valence-corrected chi connectivity index (χ1v) is 36.8. The second kappa shape index (κ2) is 26.2. The summed E-state index contributed by atoms with van der Waals surface area (Å²) in [6, 6.07) is 23.7. The number of halogens is 2.